The van der Waals surface area contributed by atoms with Gasteiger partial charge in [-0.05, 0) is 48.6 Å². The Morgan fingerprint density at radius 1 is 1.06 bits per heavy atom. The summed E-state index contributed by atoms with van der Waals surface area (Å²) in [4.78, 5) is 15.7. The van der Waals surface area contributed by atoms with Crippen molar-refractivity contribution in [1.29, 1.82) is 0 Å². The number of aryl methyl sites for hydroxylation is 1. The van der Waals surface area contributed by atoms with Gasteiger partial charge in [0, 0.05) is 28.5 Å². The van der Waals surface area contributed by atoms with Crippen molar-refractivity contribution in [2.75, 3.05) is 0 Å². The number of thiophene rings is 1. The number of rotatable bonds is 8. The molecule has 2 aromatic carbocycles. The van der Waals surface area contributed by atoms with Crippen LogP contribution in [0.5, 0.6) is 0 Å². The zero-order valence-electron chi connectivity index (χ0n) is 17.7. The fraction of sp³-hybridized carbons (Fsp3) is 0.346. The predicted octanol–water partition coefficient (Wildman–Crippen LogP) is 3.98. The van der Waals surface area contributed by atoms with E-state index in [0.29, 0.717) is 25.7 Å². The van der Waals surface area contributed by atoms with Crippen molar-refractivity contribution in [3.05, 3.63) is 93.2 Å². The highest BCUT2D eigenvalue weighted by Gasteiger charge is 2.34. The lowest BCUT2D eigenvalue weighted by molar-refractivity contribution is -0.127. The first kappa shape index (κ1) is 21.8. The van der Waals surface area contributed by atoms with Gasteiger partial charge in [-0.15, -0.1) is 11.3 Å². The summed E-state index contributed by atoms with van der Waals surface area (Å²) in [7, 11) is 0. The van der Waals surface area contributed by atoms with E-state index >= 15 is 0 Å². The molecule has 0 radical (unpaired) electrons. The van der Waals surface area contributed by atoms with Gasteiger partial charge in [0.05, 0.1) is 18.2 Å². The number of benzene rings is 2. The molecule has 0 aliphatic heterocycles. The van der Waals surface area contributed by atoms with E-state index < -0.39 is 18.2 Å². The molecule has 0 fully saturated rings. The van der Waals surface area contributed by atoms with Crippen molar-refractivity contribution in [1.82, 2.24) is 5.32 Å². The van der Waals surface area contributed by atoms with Crippen molar-refractivity contribution in [2.24, 2.45) is 5.92 Å². The molecule has 3 N–H and O–H groups in total. The monoisotopic (exact) mass is 435 g/mol. The number of fused-ring (bicyclic) bond motifs is 1. The quantitative estimate of drug-likeness (QED) is 0.501. The normalized spacial score (nSPS) is 19.6. The number of carbonyl (C=O) groups excluding carboxylic acids is 1. The topological polar surface area (TPSA) is 69.6 Å². The van der Waals surface area contributed by atoms with Crippen LogP contribution in [0.2, 0.25) is 0 Å². The van der Waals surface area contributed by atoms with Crippen LogP contribution in [0.15, 0.2) is 66.7 Å². The minimum atomic E-state index is -0.627. The Morgan fingerprint density at radius 3 is 2.55 bits per heavy atom. The average molecular weight is 436 g/mol. The zero-order valence-corrected chi connectivity index (χ0v) is 18.5. The largest absolute Gasteiger partial charge is 0.393 e. The van der Waals surface area contributed by atoms with Gasteiger partial charge < -0.3 is 15.5 Å². The van der Waals surface area contributed by atoms with E-state index in [1.54, 1.807) is 11.3 Å². The smallest absolute Gasteiger partial charge is 0.224 e. The van der Waals surface area contributed by atoms with Crippen LogP contribution in [0.25, 0.3) is 0 Å². The van der Waals surface area contributed by atoms with Crippen LogP contribution >= 0.6 is 11.3 Å². The van der Waals surface area contributed by atoms with Gasteiger partial charge in [0.25, 0.3) is 0 Å². The summed E-state index contributed by atoms with van der Waals surface area (Å²) >= 11 is 1.68. The molecule has 0 saturated heterocycles. The third-order valence-electron chi connectivity index (χ3n) is 5.99. The number of aliphatic hydroxyl groups is 2. The summed E-state index contributed by atoms with van der Waals surface area (Å²) in [5.41, 5.74) is 3.12. The van der Waals surface area contributed by atoms with Gasteiger partial charge in [0.2, 0.25) is 5.91 Å². The molecule has 162 valence electrons. The maximum absolute atomic E-state index is 13.3. The molecule has 5 heteroatoms. The van der Waals surface area contributed by atoms with Gasteiger partial charge in [0.1, 0.15) is 0 Å². The van der Waals surface area contributed by atoms with Crippen LogP contribution in [0, 0.1) is 12.8 Å². The van der Waals surface area contributed by atoms with Crippen LogP contribution in [-0.4, -0.2) is 28.3 Å². The second-order valence-electron chi connectivity index (χ2n) is 8.45. The summed E-state index contributed by atoms with van der Waals surface area (Å²) in [6.07, 6.45) is 0.799. The molecule has 4 nitrogen and oxygen atoms in total. The third-order valence-corrected chi connectivity index (χ3v) is 7.01. The zero-order chi connectivity index (χ0) is 21.8. The Hall–Kier alpha value is -2.47. The van der Waals surface area contributed by atoms with Gasteiger partial charge in [-0.25, -0.2) is 0 Å². The van der Waals surface area contributed by atoms with E-state index in [-0.39, 0.29) is 11.8 Å². The first-order valence-electron chi connectivity index (χ1n) is 10.8. The molecule has 1 aromatic heterocycles. The van der Waals surface area contributed by atoms with E-state index in [1.807, 2.05) is 60.7 Å². The minimum absolute atomic E-state index is 0.119. The number of carbonyl (C=O) groups is 1. The fourth-order valence-electron chi connectivity index (χ4n) is 4.44. The van der Waals surface area contributed by atoms with Gasteiger partial charge >= 0.3 is 0 Å². The summed E-state index contributed by atoms with van der Waals surface area (Å²) in [5.74, 6) is -0.496. The van der Waals surface area contributed by atoms with Crippen molar-refractivity contribution < 1.29 is 15.0 Å². The molecule has 1 aliphatic carbocycles. The van der Waals surface area contributed by atoms with Gasteiger partial charge in [0.15, 0.2) is 0 Å². The highest BCUT2D eigenvalue weighted by Crippen LogP contribution is 2.32. The third kappa shape index (κ3) is 5.42. The molecule has 4 rings (SSSR count). The average Bonchev–Trinajstić information content (AvgIpc) is 3.30. The van der Waals surface area contributed by atoms with Gasteiger partial charge in [-0.1, -0.05) is 54.6 Å². The highest BCUT2D eigenvalue weighted by atomic mass is 32.1. The van der Waals surface area contributed by atoms with Crippen molar-refractivity contribution >= 4 is 17.2 Å². The SMILES string of the molecule is Cc1ccc(C[C@@H](O)C[C@@H](Cc2ccccc2)C(=O)N[C@H]2c3ccccc3C[C@H]2O)s1. The second-order valence-corrected chi connectivity index (χ2v) is 9.82. The Bertz CT molecular complexity index is 1020. The number of hydrogen-bond donors (Lipinski definition) is 3. The second kappa shape index (κ2) is 9.77. The van der Waals surface area contributed by atoms with Crippen LogP contribution in [-0.2, 0) is 24.1 Å². The lowest BCUT2D eigenvalue weighted by atomic mass is 9.91. The lowest BCUT2D eigenvalue weighted by Crippen LogP contribution is -2.39. The molecular formula is C26H29NO3S. The Morgan fingerprint density at radius 2 is 1.81 bits per heavy atom. The lowest BCUT2D eigenvalue weighted by Gasteiger charge is -2.24. The Balaban J connectivity index is 1.48. The molecule has 0 spiro atoms. The standard InChI is InChI=1S/C26H29NO3S/c1-17-11-12-22(31-17)16-21(28)14-20(13-18-7-3-2-4-8-18)26(30)27-25-23-10-6-5-9-19(23)15-24(25)29/h2-12,20-21,24-25,28-29H,13-16H2,1H3,(H,27,30)/t20-,21+,24-,25+/m1/s1. The maximum atomic E-state index is 13.3. The van der Waals surface area contributed by atoms with E-state index in [0.717, 1.165) is 21.6 Å². The van der Waals surface area contributed by atoms with Crippen molar-refractivity contribution in [2.45, 2.75) is 50.9 Å². The molecular weight excluding hydrogens is 406 g/mol. The summed E-state index contributed by atoms with van der Waals surface area (Å²) in [6.45, 7) is 2.05. The molecule has 3 aromatic rings. The molecule has 0 unspecified atom stereocenters. The molecule has 1 amide bonds. The fourth-order valence-corrected chi connectivity index (χ4v) is 5.40. The van der Waals surface area contributed by atoms with Gasteiger partial charge in [-0.3, -0.25) is 4.79 Å². The Labute approximate surface area is 187 Å². The van der Waals surface area contributed by atoms with E-state index in [1.165, 1.54) is 4.88 Å². The predicted molar refractivity (Wildman–Crippen MR) is 124 cm³/mol. The van der Waals surface area contributed by atoms with E-state index in [4.69, 9.17) is 0 Å². The molecule has 0 bridgehead atoms. The summed E-state index contributed by atoms with van der Waals surface area (Å²) in [6, 6.07) is 21.5. The number of amides is 1. The number of aliphatic hydroxyl groups excluding tert-OH is 2. The summed E-state index contributed by atoms with van der Waals surface area (Å²) in [5, 5.41) is 24.4. The van der Waals surface area contributed by atoms with Crippen LogP contribution in [0.1, 0.15) is 38.9 Å². The molecule has 0 saturated carbocycles. The Kier molecular flexibility index (Phi) is 6.86. The van der Waals surface area contributed by atoms with Crippen LogP contribution in [0.4, 0.5) is 0 Å². The maximum Gasteiger partial charge on any atom is 0.224 e. The number of hydrogen-bond acceptors (Lipinski definition) is 4. The van der Waals surface area contributed by atoms with Crippen LogP contribution < -0.4 is 5.32 Å². The molecule has 1 heterocycles. The van der Waals surface area contributed by atoms with Crippen molar-refractivity contribution in [3.8, 4) is 0 Å². The molecule has 1 aliphatic rings. The molecule has 31 heavy (non-hydrogen) atoms. The highest BCUT2D eigenvalue weighted by molar-refractivity contribution is 7.11. The molecule has 4 atom stereocenters. The van der Waals surface area contributed by atoms with E-state index in [9.17, 15) is 15.0 Å². The summed E-state index contributed by atoms with van der Waals surface area (Å²) < 4.78 is 0. The van der Waals surface area contributed by atoms with E-state index in [2.05, 4.69) is 18.3 Å². The first-order valence-corrected chi connectivity index (χ1v) is 11.6. The number of nitrogens with one attached hydrogen (secondary N) is 1. The first-order chi connectivity index (χ1) is 15.0. The van der Waals surface area contributed by atoms with Gasteiger partial charge in [-0.2, -0.15) is 0 Å². The minimum Gasteiger partial charge on any atom is -0.393 e. The van der Waals surface area contributed by atoms with Crippen molar-refractivity contribution in [3.63, 3.8) is 0 Å². The van der Waals surface area contributed by atoms with Crippen LogP contribution in [0.3, 0.4) is 0 Å².